The van der Waals surface area contributed by atoms with Crippen molar-refractivity contribution in [3.8, 4) is 0 Å². The Bertz CT molecular complexity index is 382. The largest absolute Gasteiger partial charge is 0.0691 e. The highest BCUT2D eigenvalue weighted by atomic mass is 28.3. The van der Waals surface area contributed by atoms with Gasteiger partial charge in [0.25, 0.3) is 0 Å². The highest BCUT2D eigenvalue weighted by Gasteiger charge is 2.39. The summed E-state index contributed by atoms with van der Waals surface area (Å²) < 4.78 is 0. The average molecular weight is 277 g/mol. The van der Waals surface area contributed by atoms with Crippen LogP contribution in [0.3, 0.4) is 0 Å². The molecule has 0 saturated carbocycles. The lowest BCUT2D eigenvalue weighted by molar-refractivity contribution is 0.621. The molecule has 1 aromatic carbocycles. The van der Waals surface area contributed by atoms with Gasteiger partial charge < -0.3 is 0 Å². The fourth-order valence-corrected chi connectivity index (χ4v) is 8.05. The van der Waals surface area contributed by atoms with Crippen LogP contribution in [0.15, 0.2) is 24.3 Å². The van der Waals surface area contributed by atoms with E-state index in [1.165, 1.54) is 12.8 Å². The molecule has 0 fully saturated rings. The van der Waals surface area contributed by atoms with Crippen LogP contribution in [0.1, 0.15) is 35.1 Å². The summed E-state index contributed by atoms with van der Waals surface area (Å²) in [6.07, 6.45) is 2.86. The molecule has 0 saturated heterocycles. The third-order valence-electron chi connectivity index (χ3n) is 4.58. The normalized spacial score (nSPS) is 24.8. The van der Waals surface area contributed by atoms with Gasteiger partial charge in [0.15, 0.2) is 0 Å². The molecule has 1 aromatic rings. The maximum atomic E-state index is 2.53. The highest BCUT2D eigenvalue weighted by molar-refractivity contribution is 6.78. The zero-order valence-corrected chi connectivity index (χ0v) is 14.9. The molecule has 0 nitrogen and oxygen atoms in total. The Labute approximate surface area is 115 Å². The summed E-state index contributed by atoms with van der Waals surface area (Å²) >= 11 is 0. The van der Waals surface area contributed by atoms with Crippen molar-refractivity contribution in [1.29, 1.82) is 0 Å². The van der Waals surface area contributed by atoms with Crippen molar-refractivity contribution in [3.63, 3.8) is 0 Å². The molecule has 0 heterocycles. The molecule has 2 atom stereocenters. The third-order valence-corrected chi connectivity index (χ3v) is 9.96. The van der Waals surface area contributed by atoms with Crippen molar-refractivity contribution in [2.45, 2.75) is 63.2 Å². The van der Waals surface area contributed by atoms with Gasteiger partial charge in [0.2, 0.25) is 0 Å². The first-order chi connectivity index (χ1) is 8.21. The smallest absolute Gasteiger partial charge is 0.0521 e. The van der Waals surface area contributed by atoms with Crippen LogP contribution in [-0.4, -0.2) is 16.1 Å². The van der Waals surface area contributed by atoms with Crippen LogP contribution in [0.2, 0.25) is 39.3 Å². The van der Waals surface area contributed by atoms with Gasteiger partial charge in [0.1, 0.15) is 0 Å². The second kappa shape index (κ2) is 4.64. The van der Waals surface area contributed by atoms with Crippen LogP contribution in [0, 0.1) is 0 Å². The van der Waals surface area contributed by atoms with E-state index in [-0.39, 0.29) is 0 Å². The minimum atomic E-state index is -1.08. The van der Waals surface area contributed by atoms with Crippen molar-refractivity contribution in [3.05, 3.63) is 35.4 Å². The van der Waals surface area contributed by atoms with Crippen LogP contribution in [0.25, 0.3) is 0 Å². The van der Waals surface area contributed by atoms with Crippen LogP contribution in [0.4, 0.5) is 0 Å². The molecule has 0 bridgehead atoms. The Morgan fingerprint density at radius 2 is 1.06 bits per heavy atom. The van der Waals surface area contributed by atoms with E-state index in [2.05, 4.69) is 63.5 Å². The lowest BCUT2D eigenvalue weighted by atomic mass is 9.90. The van der Waals surface area contributed by atoms with Crippen molar-refractivity contribution >= 4 is 16.1 Å². The topological polar surface area (TPSA) is 0 Å². The Balaban J connectivity index is 2.47. The molecule has 2 unspecified atom stereocenters. The van der Waals surface area contributed by atoms with Gasteiger partial charge in [0, 0.05) is 0 Å². The van der Waals surface area contributed by atoms with E-state index in [1.807, 2.05) is 0 Å². The molecule has 0 aliphatic heterocycles. The molecule has 0 N–H and O–H groups in total. The summed E-state index contributed by atoms with van der Waals surface area (Å²) in [6, 6.07) is 9.34. The monoisotopic (exact) mass is 276 g/mol. The van der Waals surface area contributed by atoms with E-state index in [0.717, 1.165) is 11.1 Å². The molecule has 0 aromatic heterocycles. The van der Waals surface area contributed by atoms with E-state index in [1.54, 1.807) is 11.1 Å². The predicted octanol–water partition coefficient (Wildman–Crippen LogP) is 5.40. The maximum absolute atomic E-state index is 2.53. The zero-order valence-electron chi connectivity index (χ0n) is 12.9. The molecule has 0 spiro atoms. The molecule has 0 amide bonds. The standard InChI is InChI=1S/C16H28Si2/c1-17(2,3)15-11-12-16(18(4,5)6)14-10-8-7-9-13(14)15/h7-10,15-16H,11-12H2,1-6H3. The van der Waals surface area contributed by atoms with Crippen LogP contribution in [-0.2, 0) is 0 Å². The number of benzene rings is 1. The molecule has 2 heteroatoms. The van der Waals surface area contributed by atoms with Gasteiger partial charge in [-0.25, -0.2) is 0 Å². The predicted molar refractivity (Wildman–Crippen MR) is 87.9 cm³/mol. The fourth-order valence-electron chi connectivity index (χ4n) is 3.59. The zero-order chi connectivity index (χ0) is 13.6. The van der Waals surface area contributed by atoms with Gasteiger partial charge in [-0.1, -0.05) is 63.5 Å². The van der Waals surface area contributed by atoms with E-state index < -0.39 is 16.1 Å². The van der Waals surface area contributed by atoms with Crippen molar-refractivity contribution in [1.82, 2.24) is 0 Å². The van der Waals surface area contributed by atoms with Crippen LogP contribution in [0.5, 0.6) is 0 Å². The summed E-state index contributed by atoms with van der Waals surface area (Å²) in [6.45, 7) is 15.2. The number of hydrogen-bond donors (Lipinski definition) is 0. The van der Waals surface area contributed by atoms with Gasteiger partial charge in [-0.15, -0.1) is 0 Å². The highest BCUT2D eigenvalue weighted by Crippen LogP contribution is 2.46. The molecular weight excluding hydrogens is 248 g/mol. The Morgan fingerprint density at radius 1 is 0.722 bits per heavy atom. The van der Waals surface area contributed by atoms with E-state index in [4.69, 9.17) is 0 Å². The quantitative estimate of drug-likeness (QED) is 0.634. The maximum Gasteiger partial charge on any atom is 0.0521 e. The van der Waals surface area contributed by atoms with Crippen molar-refractivity contribution in [2.24, 2.45) is 0 Å². The fraction of sp³-hybridized carbons (Fsp3) is 0.625. The van der Waals surface area contributed by atoms with E-state index in [9.17, 15) is 0 Å². The Kier molecular flexibility index (Phi) is 3.63. The first-order valence-electron chi connectivity index (χ1n) is 7.30. The average Bonchev–Trinajstić information content (AvgIpc) is 2.24. The van der Waals surface area contributed by atoms with Gasteiger partial charge >= 0.3 is 0 Å². The lowest BCUT2D eigenvalue weighted by Gasteiger charge is -2.42. The first kappa shape index (κ1) is 14.1. The third kappa shape index (κ3) is 2.64. The lowest BCUT2D eigenvalue weighted by Crippen LogP contribution is -2.39. The van der Waals surface area contributed by atoms with Crippen molar-refractivity contribution in [2.75, 3.05) is 0 Å². The van der Waals surface area contributed by atoms with Gasteiger partial charge in [0.05, 0.1) is 16.1 Å². The first-order valence-corrected chi connectivity index (χ1v) is 14.5. The molecule has 1 aliphatic carbocycles. The van der Waals surface area contributed by atoms with E-state index in [0.29, 0.717) is 0 Å². The van der Waals surface area contributed by atoms with Crippen LogP contribution < -0.4 is 0 Å². The second-order valence-corrected chi connectivity index (χ2v) is 18.9. The molecule has 18 heavy (non-hydrogen) atoms. The van der Waals surface area contributed by atoms with Gasteiger partial charge in [-0.3, -0.25) is 0 Å². The van der Waals surface area contributed by atoms with Crippen LogP contribution >= 0.6 is 0 Å². The molecule has 1 aliphatic rings. The molecule has 2 rings (SSSR count). The number of rotatable bonds is 2. The summed E-state index contributed by atoms with van der Waals surface area (Å²) in [4.78, 5) is 0. The molecular formula is C16H28Si2. The van der Waals surface area contributed by atoms with Gasteiger partial charge in [-0.05, 0) is 35.1 Å². The number of fused-ring (bicyclic) bond motifs is 1. The minimum Gasteiger partial charge on any atom is -0.0691 e. The summed E-state index contributed by atoms with van der Waals surface area (Å²) in [5, 5.41) is 0. The summed E-state index contributed by atoms with van der Waals surface area (Å²) in [7, 11) is -2.16. The molecule has 0 radical (unpaired) electrons. The number of hydrogen-bond acceptors (Lipinski definition) is 0. The molecule has 100 valence electrons. The van der Waals surface area contributed by atoms with Gasteiger partial charge in [-0.2, -0.15) is 0 Å². The van der Waals surface area contributed by atoms with Crippen molar-refractivity contribution < 1.29 is 0 Å². The summed E-state index contributed by atoms with van der Waals surface area (Å²) in [5.41, 5.74) is 5.16. The Morgan fingerprint density at radius 3 is 1.33 bits per heavy atom. The minimum absolute atomic E-state index is 0.876. The second-order valence-electron chi connectivity index (χ2n) is 8.04. The summed E-state index contributed by atoms with van der Waals surface area (Å²) in [5.74, 6) is 0. The van der Waals surface area contributed by atoms with E-state index >= 15 is 0 Å². The SMILES string of the molecule is C[Si](C)(C)C1CCC([Si](C)(C)C)c2ccccc21. The Hall–Kier alpha value is -0.346.